The van der Waals surface area contributed by atoms with Crippen molar-refractivity contribution in [2.75, 3.05) is 35.6 Å². The van der Waals surface area contributed by atoms with E-state index in [9.17, 15) is 14.4 Å². The Balaban J connectivity index is 1.95. The molecule has 0 spiro atoms. The minimum atomic E-state index is -0.236. The van der Waals surface area contributed by atoms with Crippen molar-refractivity contribution in [3.63, 3.8) is 0 Å². The number of nitrogens with one attached hydrogen (secondary N) is 3. The summed E-state index contributed by atoms with van der Waals surface area (Å²) < 4.78 is 0. The SMILES string of the molecule is CCN(CC)C(=O)c1cccc(NCC(=O)Nc2cccc(NC(C)=O)c2)c1. The van der Waals surface area contributed by atoms with Gasteiger partial charge in [-0.2, -0.15) is 0 Å². The van der Waals surface area contributed by atoms with Crippen molar-refractivity contribution in [2.45, 2.75) is 20.8 Å². The van der Waals surface area contributed by atoms with Gasteiger partial charge in [-0.05, 0) is 50.2 Å². The Morgan fingerprint density at radius 3 is 2.11 bits per heavy atom. The Kier molecular flexibility index (Phi) is 7.56. The number of rotatable bonds is 8. The summed E-state index contributed by atoms with van der Waals surface area (Å²) >= 11 is 0. The van der Waals surface area contributed by atoms with Gasteiger partial charge in [0.2, 0.25) is 11.8 Å². The second-order valence-corrected chi connectivity index (χ2v) is 6.22. The average molecular weight is 382 g/mol. The highest BCUT2D eigenvalue weighted by molar-refractivity contribution is 5.97. The quantitative estimate of drug-likeness (QED) is 0.654. The summed E-state index contributed by atoms with van der Waals surface area (Å²) in [6, 6.07) is 14.0. The molecule has 2 aromatic carbocycles. The molecule has 0 saturated carbocycles. The molecule has 3 N–H and O–H groups in total. The van der Waals surface area contributed by atoms with Crippen LogP contribution < -0.4 is 16.0 Å². The van der Waals surface area contributed by atoms with Gasteiger partial charge in [-0.3, -0.25) is 14.4 Å². The lowest BCUT2D eigenvalue weighted by Gasteiger charge is -2.19. The molecule has 0 aliphatic carbocycles. The topological polar surface area (TPSA) is 90.5 Å². The van der Waals surface area contributed by atoms with Crippen LogP contribution in [0.15, 0.2) is 48.5 Å². The van der Waals surface area contributed by atoms with Crippen LogP contribution in [0, 0.1) is 0 Å². The predicted molar refractivity (Wildman–Crippen MR) is 112 cm³/mol. The maximum atomic E-state index is 12.4. The predicted octanol–water partition coefficient (Wildman–Crippen LogP) is 3.18. The number of amides is 3. The molecule has 0 aromatic heterocycles. The molecule has 3 amide bonds. The Hall–Kier alpha value is -3.35. The van der Waals surface area contributed by atoms with Crippen LogP contribution in [0.1, 0.15) is 31.1 Å². The van der Waals surface area contributed by atoms with Crippen LogP contribution >= 0.6 is 0 Å². The third-order valence-corrected chi connectivity index (χ3v) is 4.08. The number of hydrogen-bond donors (Lipinski definition) is 3. The van der Waals surface area contributed by atoms with Crippen LogP contribution in [-0.2, 0) is 9.59 Å². The molecule has 0 aliphatic heterocycles. The standard InChI is InChI=1S/C21H26N4O3/c1-4-25(5-2)21(28)16-8-6-9-17(12-16)22-14-20(27)24-19-11-7-10-18(13-19)23-15(3)26/h6-13,22H,4-5,14H2,1-3H3,(H,23,26)(H,24,27). The Morgan fingerprint density at radius 1 is 0.857 bits per heavy atom. The Morgan fingerprint density at radius 2 is 1.46 bits per heavy atom. The summed E-state index contributed by atoms with van der Waals surface area (Å²) in [7, 11) is 0. The lowest BCUT2D eigenvalue weighted by molar-refractivity contribution is -0.115. The van der Waals surface area contributed by atoms with Crippen LogP contribution in [-0.4, -0.2) is 42.3 Å². The van der Waals surface area contributed by atoms with E-state index in [-0.39, 0.29) is 24.3 Å². The van der Waals surface area contributed by atoms with Crippen molar-refractivity contribution < 1.29 is 14.4 Å². The monoisotopic (exact) mass is 382 g/mol. The molecule has 2 rings (SSSR count). The fraction of sp³-hybridized carbons (Fsp3) is 0.286. The van der Waals surface area contributed by atoms with Gasteiger partial charge in [0.25, 0.3) is 5.91 Å². The molecule has 0 atom stereocenters. The van der Waals surface area contributed by atoms with Crippen LogP contribution in [0.4, 0.5) is 17.1 Å². The Labute approximate surface area is 165 Å². The van der Waals surface area contributed by atoms with Crippen molar-refractivity contribution in [3.05, 3.63) is 54.1 Å². The van der Waals surface area contributed by atoms with E-state index in [1.165, 1.54) is 6.92 Å². The van der Waals surface area contributed by atoms with E-state index in [1.54, 1.807) is 47.4 Å². The minimum absolute atomic E-state index is 0.0344. The average Bonchev–Trinajstić information content (AvgIpc) is 2.67. The molecule has 0 radical (unpaired) electrons. The zero-order valence-corrected chi connectivity index (χ0v) is 16.4. The van der Waals surface area contributed by atoms with Gasteiger partial charge < -0.3 is 20.9 Å². The maximum absolute atomic E-state index is 12.4. The van der Waals surface area contributed by atoms with Crippen LogP contribution in [0.3, 0.4) is 0 Å². The fourth-order valence-corrected chi connectivity index (χ4v) is 2.72. The largest absolute Gasteiger partial charge is 0.376 e. The first kappa shape index (κ1) is 21.0. The number of carbonyl (C=O) groups excluding carboxylic acids is 3. The van der Waals surface area contributed by atoms with Gasteiger partial charge in [-0.15, -0.1) is 0 Å². The molecule has 7 nitrogen and oxygen atoms in total. The Bertz CT molecular complexity index is 847. The third kappa shape index (κ3) is 6.12. The molecule has 28 heavy (non-hydrogen) atoms. The molecular weight excluding hydrogens is 356 g/mol. The maximum Gasteiger partial charge on any atom is 0.253 e. The van der Waals surface area contributed by atoms with Gasteiger partial charge in [0, 0.05) is 42.6 Å². The van der Waals surface area contributed by atoms with Gasteiger partial charge in [0.05, 0.1) is 6.54 Å². The number of carbonyl (C=O) groups is 3. The third-order valence-electron chi connectivity index (χ3n) is 4.08. The van der Waals surface area contributed by atoms with Crippen LogP contribution in [0.5, 0.6) is 0 Å². The number of benzene rings is 2. The summed E-state index contributed by atoms with van der Waals surface area (Å²) in [5, 5.41) is 8.47. The summed E-state index contributed by atoms with van der Waals surface area (Å²) in [6.45, 7) is 6.64. The summed E-state index contributed by atoms with van der Waals surface area (Å²) in [6.07, 6.45) is 0. The van der Waals surface area contributed by atoms with E-state index in [0.717, 1.165) is 0 Å². The lowest BCUT2D eigenvalue weighted by Crippen LogP contribution is -2.30. The molecule has 0 heterocycles. The van der Waals surface area contributed by atoms with E-state index >= 15 is 0 Å². The molecule has 2 aromatic rings. The number of anilines is 3. The van der Waals surface area contributed by atoms with Crippen molar-refractivity contribution >= 4 is 34.8 Å². The van der Waals surface area contributed by atoms with E-state index < -0.39 is 0 Å². The molecule has 0 aliphatic rings. The van der Waals surface area contributed by atoms with E-state index in [4.69, 9.17) is 0 Å². The highest BCUT2D eigenvalue weighted by Crippen LogP contribution is 2.16. The van der Waals surface area contributed by atoms with Gasteiger partial charge in [0.1, 0.15) is 0 Å². The highest BCUT2D eigenvalue weighted by atomic mass is 16.2. The van der Waals surface area contributed by atoms with Gasteiger partial charge >= 0.3 is 0 Å². The first-order chi connectivity index (χ1) is 13.4. The normalized spacial score (nSPS) is 10.1. The lowest BCUT2D eigenvalue weighted by atomic mass is 10.1. The molecule has 0 unspecified atom stereocenters. The fourth-order valence-electron chi connectivity index (χ4n) is 2.72. The van der Waals surface area contributed by atoms with Crippen molar-refractivity contribution in [2.24, 2.45) is 0 Å². The van der Waals surface area contributed by atoms with E-state index in [2.05, 4.69) is 16.0 Å². The first-order valence-corrected chi connectivity index (χ1v) is 9.23. The second-order valence-electron chi connectivity index (χ2n) is 6.22. The van der Waals surface area contributed by atoms with Crippen LogP contribution in [0.2, 0.25) is 0 Å². The molecule has 0 saturated heterocycles. The summed E-state index contributed by atoms with van der Waals surface area (Å²) in [4.78, 5) is 37.5. The molecule has 7 heteroatoms. The number of nitrogens with zero attached hydrogens (tertiary/aromatic N) is 1. The highest BCUT2D eigenvalue weighted by Gasteiger charge is 2.12. The summed E-state index contributed by atoms with van der Waals surface area (Å²) in [5.41, 5.74) is 2.47. The number of hydrogen-bond acceptors (Lipinski definition) is 4. The zero-order chi connectivity index (χ0) is 20.5. The van der Waals surface area contributed by atoms with Crippen molar-refractivity contribution in [1.82, 2.24) is 4.90 Å². The molecule has 0 fully saturated rings. The molecule has 148 valence electrons. The van der Waals surface area contributed by atoms with Crippen molar-refractivity contribution in [3.8, 4) is 0 Å². The second kappa shape index (κ2) is 10.1. The smallest absolute Gasteiger partial charge is 0.253 e. The van der Waals surface area contributed by atoms with Gasteiger partial charge in [-0.25, -0.2) is 0 Å². The van der Waals surface area contributed by atoms with Gasteiger partial charge in [-0.1, -0.05) is 12.1 Å². The molecule has 0 bridgehead atoms. The van der Waals surface area contributed by atoms with Crippen LogP contribution in [0.25, 0.3) is 0 Å². The summed E-state index contributed by atoms with van der Waals surface area (Å²) in [5.74, 6) is -0.447. The molecular formula is C21H26N4O3. The first-order valence-electron chi connectivity index (χ1n) is 9.23. The van der Waals surface area contributed by atoms with E-state index in [0.29, 0.717) is 35.7 Å². The minimum Gasteiger partial charge on any atom is -0.376 e. The van der Waals surface area contributed by atoms with E-state index in [1.807, 2.05) is 19.9 Å². The zero-order valence-electron chi connectivity index (χ0n) is 16.4. The van der Waals surface area contributed by atoms with Gasteiger partial charge in [0.15, 0.2) is 0 Å². The van der Waals surface area contributed by atoms with Crippen molar-refractivity contribution in [1.29, 1.82) is 0 Å².